The third-order valence-electron chi connectivity index (χ3n) is 3.62. The van der Waals surface area contributed by atoms with Crippen molar-refractivity contribution in [1.29, 1.82) is 0 Å². The highest BCUT2D eigenvalue weighted by atomic mass is 19.3. The van der Waals surface area contributed by atoms with E-state index >= 15 is 0 Å². The van der Waals surface area contributed by atoms with Crippen LogP contribution >= 0.6 is 0 Å². The third-order valence-corrected chi connectivity index (χ3v) is 3.62. The fraction of sp³-hybridized carbons (Fsp3) is 0.429. The van der Waals surface area contributed by atoms with Crippen LogP contribution in [0.25, 0.3) is 11.4 Å². The number of nitrogens with zero attached hydrogens (tertiary/aromatic N) is 3. The molecule has 3 rings (SSSR count). The van der Waals surface area contributed by atoms with Gasteiger partial charge in [-0.05, 0) is 18.6 Å². The predicted molar refractivity (Wildman–Crippen MR) is 71.0 cm³/mol. The van der Waals surface area contributed by atoms with E-state index in [1.54, 1.807) is 12.1 Å². The molecule has 0 radical (unpaired) electrons. The molecule has 1 atom stereocenters. The largest absolute Gasteiger partial charge is 0.435 e. The van der Waals surface area contributed by atoms with Crippen molar-refractivity contribution < 1.29 is 18.6 Å². The van der Waals surface area contributed by atoms with Crippen molar-refractivity contribution in [2.24, 2.45) is 5.92 Å². The number of rotatable bonds is 4. The number of benzene rings is 1. The zero-order chi connectivity index (χ0) is 14.8. The molecule has 0 saturated heterocycles. The van der Waals surface area contributed by atoms with Gasteiger partial charge in [0.1, 0.15) is 11.6 Å². The average molecular weight is 295 g/mol. The fourth-order valence-corrected chi connectivity index (χ4v) is 2.57. The van der Waals surface area contributed by atoms with Crippen LogP contribution in [0.3, 0.4) is 0 Å². The van der Waals surface area contributed by atoms with E-state index in [0.717, 1.165) is 18.7 Å². The van der Waals surface area contributed by atoms with Crippen molar-refractivity contribution in [3.63, 3.8) is 0 Å². The van der Waals surface area contributed by atoms with Gasteiger partial charge in [-0.25, -0.2) is 0 Å². The van der Waals surface area contributed by atoms with Crippen LogP contribution in [0.15, 0.2) is 24.3 Å². The Labute approximate surface area is 120 Å². The first-order valence-electron chi connectivity index (χ1n) is 6.75. The second kappa shape index (κ2) is 5.77. The van der Waals surface area contributed by atoms with Crippen LogP contribution < -0.4 is 4.74 Å². The molecule has 0 amide bonds. The van der Waals surface area contributed by atoms with Gasteiger partial charge in [-0.15, -0.1) is 10.2 Å². The molecule has 2 heterocycles. The molecule has 1 aromatic carbocycles. The Balaban J connectivity index is 1.93. The molecule has 1 unspecified atom stereocenters. The standard InChI is InChI=1S/C14H15F2N3O2/c15-14(16)21-11-3-1-2-10(6-11)13-18-17-12-5-4-9(8-20)7-19(12)13/h1-3,6,9,14,20H,4-5,7-8H2. The van der Waals surface area contributed by atoms with Crippen LogP contribution in [0.5, 0.6) is 5.75 Å². The lowest BCUT2D eigenvalue weighted by atomic mass is 10.00. The van der Waals surface area contributed by atoms with Gasteiger partial charge in [-0.3, -0.25) is 0 Å². The number of hydrogen-bond acceptors (Lipinski definition) is 4. The molecule has 21 heavy (non-hydrogen) atoms. The van der Waals surface area contributed by atoms with Gasteiger partial charge in [0.15, 0.2) is 5.82 Å². The minimum Gasteiger partial charge on any atom is -0.435 e. The first-order valence-corrected chi connectivity index (χ1v) is 6.75. The van der Waals surface area contributed by atoms with E-state index < -0.39 is 6.61 Å². The van der Waals surface area contributed by atoms with Gasteiger partial charge in [0.25, 0.3) is 0 Å². The van der Waals surface area contributed by atoms with Crippen LogP contribution in [0.1, 0.15) is 12.2 Å². The highest BCUT2D eigenvalue weighted by molar-refractivity contribution is 5.58. The number of fused-ring (bicyclic) bond motifs is 1. The van der Waals surface area contributed by atoms with Gasteiger partial charge in [0, 0.05) is 31.1 Å². The number of alkyl halides is 2. The van der Waals surface area contributed by atoms with E-state index in [1.165, 1.54) is 12.1 Å². The van der Waals surface area contributed by atoms with Crippen molar-refractivity contribution in [2.45, 2.75) is 26.0 Å². The summed E-state index contributed by atoms with van der Waals surface area (Å²) in [6, 6.07) is 6.41. The minimum atomic E-state index is -2.86. The summed E-state index contributed by atoms with van der Waals surface area (Å²) in [5.41, 5.74) is 0.672. The number of aromatic nitrogens is 3. The Morgan fingerprint density at radius 3 is 3.00 bits per heavy atom. The maximum absolute atomic E-state index is 12.3. The number of aliphatic hydroxyl groups is 1. The molecule has 0 spiro atoms. The van der Waals surface area contributed by atoms with Gasteiger partial charge >= 0.3 is 6.61 Å². The lowest BCUT2D eigenvalue weighted by Gasteiger charge is -2.22. The van der Waals surface area contributed by atoms with Gasteiger partial charge in [-0.2, -0.15) is 8.78 Å². The lowest BCUT2D eigenvalue weighted by molar-refractivity contribution is -0.0498. The Morgan fingerprint density at radius 2 is 2.24 bits per heavy atom. The van der Waals surface area contributed by atoms with Crippen molar-refractivity contribution in [1.82, 2.24) is 14.8 Å². The van der Waals surface area contributed by atoms with Gasteiger partial charge < -0.3 is 14.4 Å². The molecule has 5 nitrogen and oxygen atoms in total. The maximum Gasteiger partial charge on any atom is 0.387 e. The number of hydrogen-bond donors (Lipinski definition) is 1. The molecule has 1 N–H and O–H groups in total. The number of aliphatic hydroxyl groups excluding tert-OH is 1. The van der Waals surface area contributed by atoms with Gasteiger partial charge in [0.05, 0.1) is 0 Å². The summed E-state index contributed by atoms with van der Waals surface area (Å²) in [6.07, 6.45) is 1.63. The average Bonchev–Trinajstić information content (AvgIpc) is 2.89. The third kappa shape index (κ3) is 2.87. The molecule has 0 aliphatic carbocycles. The second-order valence-electron chi connectivity index (χ2n) is 5.04. The zero-order valence-electron chi connectivity index (χ0n) is 11.2. The highest BCUT2D eigenvalue weighted by Gasteiger charge is 2.23. The minimum absolute atomic E-state index is 0.0920. The van der Waals surface area contributed by atoms with Gasteiger partial charge in [-0.1, -0.05) is 12.1 Å². The Hall–Kier alpha value is -2.02. The molecule has 1 aliphatic rings. The van der Waals surface area contributed by atoms with E-state index in [4.69, 9.17) is 0 Å². The maximum atomic E-state index is 12.3. The van der Waals surface area contributed by atoms with Crippen LogP contribution in [0.2, 0.25) is 0 Å². The molecule has 0 bridgehead atoms. The van der Waals surface area contributed by atoms with Crippen LogP contribution in [0, 0.1) is 5.92 Å². The van der Waals surface area contributed by atoms with Crippen molar-refractivity contribution in [3.8, 4) is 17.1 Å². The van der Waals surface area contributed by atoms with Crippen molar-refractivity contribution in [2.75, 3.05) is 6.61 Å². The van der Waals surface area contributed by atoms with Crippen LogP contribution in [-0.2, 0) is 13.0 Å². The van der Waals surface area contributed by atoms with E-state index in [1.807, 2.05) is 4.57 Å². The molecule has 7 heteroatoms. The molecular formula is C14H15F2N3O2. The van der Waals surface area contributed by atoms with E-state index in [0.29, 0.717) is 17.9 Å². The lowest BCUT2D eigenvalue weighted by Crippen LogP contribution is -2.23. The SMILES string of the molecule is OCC1CCc2nnc(-c3cccc(OC(F)F)c3)n2C1. The number of ether oxygens (including phenoxy) is 1. The smallest absolute Gasteiger partial charge is 0.387 e. The topological polar surface area (TPSA) is 60.2 Å². The van der Waals surface area contributed by atoms with E-state index in [9.17, 15) is 13.9 Å². The molecule has 112 valence electrons. The summed E-state index contributed by atoms with van der Waals surface area (Å²) in [5.74, 6) is 1.74. The Kier molecular flexibility index (Phi) is 3.83. The molecule has 2 aromatic rings. The van der Waals surface area contributed by atoms with Crippen molar-refractivity contribution in [3.05, 3.63) is 30.1 Å². The summed E-state index contributed by atoms with van der Waals surface area (Å²) < 4.78 is 30.9. The summed E-state index contributed by atoms with van der Waals surface area (Å²) in [7, 11) is 0. The van der Waals surface area contributed by atoms with Crippen molar-refractivity contribution >= 4 is 0 Å². The molecule has 0 fully saturated rings. The van der Waals surface area contributed by atoms with Gasteiger partial charge in [0.2, 0.25) is 0 Å². The van der Waals surface area contributed by atoms with Crippen LogP contribution in [-0.4, -0.2) is 33.1 Å². The number of halogens is 2. The van der Waals surface area contributed by atoms with E-state index in [2.05, 4.69) is 14.9 Å². The highest BCUT2D eigenvalue weighted by Crippen LogP contribution is 2.28. The Morgan fingerprint density at radius 1 is 1.38 bits per heavy atom. The molecule has 0 saturated carbocycles. The number of aryl methyl sites for hydroxylation is 1. The van der Waals surface area contributed by atoms with Crippen LogP contribution in [0.4, 0.5) is 8.78 Å². The Bertz CT molecular complexity index is 630. The molecular weight excluding hydrogens is 280 g/mol. The first kappa shape index (κ1) is 13.9. The predicted octanol–water partition coefficient (Wildman–Crippen LogP) is 2.10. The quantitative estimate of drug-likeness (QED) is 0.938. The summed E-state index contributed by atoms with van der Waals surface area (Å²) in [5, 5.41) is 17.6. The summed E-state index contributed by atoms with van der Waals surface area (Å²) >= 11 is 0. The monoisotopic (exact) mass is 295 g/mol. The summed E-state index contributed by atoms with van der Waals surface area (Å²) in [6.45, 7) is -2.11. The molecule has 1 aliphatic heterocycles. The molecule has 1 aromatic heterocycles. The van der Waals surface area contributed by atoms with E-state index in [-0.39, 0.29) is 18.3 Å². The zero-order valence-corrected chi connectivity index (χ0v) is 11.2. The normalized spacial score (nSPS) is 17.8. The summed E-state index contributed by atoms with van der Waals surface area (Å²) in [4.78, 5) is 0. The fourth-order valence-electron chi connectivity index (χ4n) is 2.57. The first-order chi connectivity index (χ1) is 10.2. The second-order valence-corrected chi connectivity index (χ2v) is 5.04.